The second kappa shape index (κ2) is 11.0. The largest absolute Gasteiger partial charge is 0.493 e. The maximum atomic E-state index is 12.5. The molecule has 0 aromatic heterocycles. The standard InChI is InChI=1S/C20H29NO7S/c1-3-4-11-21(16-10-13-29(24,25)15-16)19(22)14-28-20(23)9-12-27-18-8-6-5-7-17(18)26-2/h5-8,16H,3-4,9-15H2,1-2H3. The number of rotatable bonds is 11. The minimum absolute atomic E-state index is 0.0158. The lowest BCUT2D eigenvalue weighted by molar-refractivity contribution is -0.153. The number of carbonyl (C=O) groups is 2. The second-order valence-electron chi connectivity index (χ2n) is 6.91. The lowest BCUT2D eigenvalue weighted by atomic mass is 10.2. The van der Waals surface area contributed by atoms with Crippen molar-refractivity contribution in [2.24, 2.45) is 0 Å². The third-order valence-corrected chi connectivity index (χ3v) is 6.46. The molecule has 8 nitrogen and oxygen atoms in total. The number of unbranched alkanes of at least 4 members (excludes halogenated alkanes) is 1. The normalized spacial score (nSPS) is 17.5. The van der Waals surface area contributed by atoms with Gasteiger partial charge in [0.2, 0.25) is 0 Å². The van der Waals surface area contributed by atoms with Gasteiger partial charge in [-0.25, -0.2) is 8.42 Å². The molecule has 1 amide bonds. The van der Waals surface area contributed by atoms with E-state index >= 15 is 0 Å². The summed E-state index contributed by atoms with van der Waals surface area (Å²) in [5.74, 6) is 0.236. The van der Waals surface area contributed by atoms with Gasteiger partial charge in [-0.2, -0.15) is 0 Å². The van der Waals surface area contributed by atoms with Crippen LogP contribution in [0.5, 0.6) is 11.5 Å². The van der Waals surface area contributed by atoms with Gasteiger partial charge in [0.15, 0.2) is 27.9 Å². The number of sulfone groups is 1. The van der Waals surface area contributed by atoms with Gasteiger partial charge in [-0.05, 0) is 25.0 Å². The number of hydrogen-bond acceptors (Lipinski definition) is 7. The highest BCUT2D eigenvalue weighted by Crippen LogP contribution is 2.25. The third-order valence-electron chi connectivity index (χ3n) is 4.71. The van der Waals surface area contributed by atoms with Gasteiger partial charge >= 0.3 is 5.97 Å². The first kappa shape index (κ1) is 23.0. The highest BCUT2D eigenvalue weighted by atomic mass is 32.2. The molecule has 1 heterocycles. The maximum Gasteiger partial charge on any atom is 0.309 e. The molecule has 1 saturated heterocycles. The third kappa shape index (κ3) is 7.23. The first-order valence-corrected chi connectivity index (χ1v) is 11.6. The molecule has 1 unspecified atom stereocenters. The van der Waals surface area contributed by atoms with E-state index in [0.29, 0.717) is 24.5 Å². The van der Waals surface area contributed by atoms with Gasteiger partial charge in [-0.1, -0.05) is 25.5 Å². The van der Waals surface area contributed by atoms with Crippen molar-refractivity contribution in [3.05, 3.63) is 24.3 Å². The predicted molar refractivity (Wildman–Crippen MR) is 108 cm³/mol. The summed E-state index contributed by atoms with van der Waals surface area (Å²) in [5, 5.41) is 0. The smallest absolute Gasteiger partial charge is 0.309 e. The molecule has 0 saturated carbocycles. The summed E-state index contributed by atoms with van der Waals surface area (Å²) < 4.78 is 39.3. The van der Waals surface area contributed by atoms with Crippen LogP contribution in [0, 0.1) is 0 Å². The second-order valence-corrected chi connectivity index (χ2v) is 9.14. The number of nitrogens with zero attached hydrogens (tertiary/aromatic N) is 1. The first-order chi connectivity index (χ1) is 13.9. The number of methoxy groups -OCH3 is 1. The van der Waals surface area contributed by atoms with Crippen LogP contribution in [-0.2, 0) is 24.2 Å². The van der Waals surface area contributed by atoms with E-state index in [9.17, 15) is 18.0 Å². The van der Waals surface area contributed by atoms with Crippen molar-refractivity contribution in [1.29, 1.82) is 0 Å². The molecule has 1 aliphatic rings. The van der Waals surface area contributed by atoms with Crippen molar-refractivity contribution in [3.63, 3.8) is 0 Å². The Kier molecular flexibility index (Phi) is 8.75. The minimum atomic E-state index is -3.10. The number of benzene rings is 1. The molecule has 0 spiro atoms. The number of amides is 1. The van der Waals surface area contributed by atoms with Crippen molar-refractivity contribution >= 4 is 21.7 Å². The van der Waals surface area contributed by atoms with E-state index in [0.717, 1.165) is 12.8 Å². The number of carbonyl (C=O) groups excluding carboxylic acids is 2. The molecule has 2 rings (SSSR count). The van der Waals surface area contributed by atoms with Gasteiger partial charge in [0.25, 0.3) is 5.91 Å². The number of hydrogen-bond donors (Lipinski definition) is 0. The molecule has 1 fully saturated rings. The number of ether oxygens (including phenoxy) is 3. The fourth-order valence-corrected chi connectivity index (χ4v) is 4.87. The van der Waals surface area contributed by atoms with Gasteiger partial charge in [0, 0.05) is 12.6 Å². The van der Waals surface area contributed by atoms with Crippen LogP contribution in [0.3, 0.4) is 0 Å². The van der Waals surface area contributed by atoms with E-state index in [1.165, 1.54) is 7.11 Å². The summed E-state index contributed by atoms with van der Waals surface area (Å²) in [6, 6.07) is 6.75. The summed E-state index contributed by atoms with van der Waals surface area (Å²) >= 11 is 0. The summed E-state index contributed by atoms with van der Waals surface area (Å²) in [4.78, 5) is 26.0. The summed E-state index contributed by atoms with van der Waals surface area (Å²) in [6.45, 7) is 2.15. The molecule has 1 atom stereocenters. The summed E-state index contributed by atoms with van der Waals surface area (Å²) in [7, 11) is -1.57. The van der Waals surface area contributed by atoms with E-state index in [4.69, 9.17) is 14.2 Å². The fraction of sp³-hybridized carbons (Fsp3) is 0.600. The molecule has 9 heteroatoms. The van der Waals surface area contributed by atoms with E-state index in [2.05, 4.69) is 0 Å². The highest BCUT2D eigenvalue weighted by Gasteiger charge is 2.34. The van der Waals surface area contributed by atoms with E-state index < -0.39 is 22.4 Å². The Hall–Kier alpha value is -2.29. The van der Waals surface area contributed by atoms with E-state index in [1.807, 2.05) is 13.0 Å². The Bertz CT molecular complexity index is 794. The molecule has 1 aliphatic heterocycles. The molecule has 1 aromatic carbocycles. The van der Waals surface area contributed by atoms with E-state index in [-0.39, 0.29) is 36.5 Å². The Balaban J connectivity index is 1.80. The van der Waals surface area contributed by atoms with Gasteiger partial charge in [-0.3, -0.25) is 9.59 Å². The molecule has 162 valence electrons. The zero-order valence-electron chi connectivity index (χ0n) is 17.0. The molecule has 29 heavy (non-hydrogen) atoms. The molecular weight excluding hydrogens is 398 g/mol. The van der Waals surface area contributed by atoms with Gasteiger partial charge in [0.1, 0.15) is 0 Å². The first-order valence-electron chi connectivity index (χ1n) is 9.77. The Morgan fingerprint density at radius 1 is 1.21 bits per heavy atom. The van der Waals surface area contributed by atoms with Crippen LogP contribution < -0.4 is 9.47 Å². The average molecular weight is 428 g/mol. The monoisotopic (exact) mass is 427 g/mol. The molecule has 0 bridgehead atoms. The summed E-state index contributed by atoms with van der Waals surface area (Å²) in [6.07, 6.45) is 2.06. The molecule has 0 N–H and O–H groups in total. The zero-order chi connectivity index (χ0) is 21.3. The SMILES string of the molecule is CCCCN(C(=O)COC(=O)CCOc1ccccc1OC)C1CCS(=O)(=O)C1. The quantitative estimate of drug-likeness (QED) is 0.497. The Morgan fingerprint density at radius 3 is 2.55 bits per heavy atom. The highest BCUT2D eigenvalue weighted by molar-refractivity contribution is 7.91. The average Bonchev–Trinajstić information content (AvgIpc) is 3.06. The Labute approximate surface area is 172 Å². The van der Waals surface area contributed by atoms with Crippen molar-refractivity contribution in [2.45, 2.75) is 38.6 Å². The van der Waals surface area contributed by atoms with Crippen molar-refractivity contribution in [3.8, 4) is 11.5 Å². The van der Waals surface area contributed by atoms with Gasteiger partial charge in [-0.15, -0.1) is 0 Å². The topological polar surface area (TPSA) is 99.2 Å². The zero-order valence-corrected chi connectivity index (χ0v) is 17.8. The molecule has 0 radical (unpaired) electrons. The van der Waals surface area contributed by atoms with Crippen molar-refractivity contribution in [2.75, 3.05) is 38.4 Å². The van der Waals surface area contributed by atoms with Crippen molar-refractivity contribution in [1.82, 2.24) is 4.90 Å². The summed E-state index contributed by atoms with van der Waals surface area (Å²) in [5.41, 5.74) is 0. The number of esters is 1. The van der Waals surface area contributed by atoms with Crippen LogP contribution in [-0.4, -0.2) is 69.6 Å². The Morgan fingerprint density at radius 2 is 1.93 bits per heavy atom. The lowest BCUT2D eigenvalue weighted by Crippen LogP contribution is -2.43. The molecule has 1 aromatic rings. The van der Waals surface area contributed by atoms with E-state index in [1.54, 1.807) is 23.1 Å². The van der Waals surface area contributed by atoms with Crippen LogP contribution in [0.25, 0.3) is 0 Å². The molecule has 0 aliphatic carbocycles. The van der Waals surface area contributed by atoms with Crippen LogP contribution >= 0.6 is 0 Å². The van der Waals surface area contributed by atoms with Gasteiger partial charge in [0.05, 0.1) is 31.6 Å². The molecular formula is C20H29NO7S. The minimum Gasteiger partial charge on any atom is -0.493 e. The van der Waals surface area contributed by atoms with Crippen LogP contribution in [0.15, 0.2) is 24.3 Å². The maximum absolute atomic E-state index is 12.5. The van der Waals surface area contributed by atoms with Gasteiger partial charge < -0.3 is 19.1 Å². The number of para-hydroxylation sites is 2. The lowest BCUT2D eigenvalue weighted by Gasteiger charge is -2.28. The predicted octanol–water partition coefficient (Wildman–Crippen LogP) is 1.82. The van der Waals surface area contributed by atoms with Crippen LogP contribution in [0.1, 0.15) is 32.6 Å². The van der Waals surface area contributed by atoms with Crippen LogP contribution in [0.2, 0.25) is 0 Å². The fourth-order valence-electron chi connectivity index (χ4n) is 3.14. The van der Waals surface area contributed by atoms with Crippen LogP contribution in [0.4, 0.5) is 0 Å². The van der Waals surface area contributed by atoms with Crippen molar-refractivity contribution < 1.29 is 32.2 Å².